The maximum atomic E-state index is 10.7. The molecule has 1 atom stereocenters. The number of nitro benzene ring substituents is 1. The highest BCUT2D eigenvalue weighted by Gasteiger charge is 2.26. The van der Waals surface area contributed by atoms with Gasteiger partial charge in [0.25, 0.3) is 5.69 Å². The molecule has 1 aromatic heterocycles. The lowest BCUT2D eigenvalue weighted by Crippen LogP contribution is -2.19. The van der Waals surface area contributed by atoms with Crippen LogP contribution >= 0.6 is 0 Å². The van der Waals surface area contributed by atoms with Crippen molar-refractivity contribution in [3.05, 3.63) is 51.3 Å². The average molecular weight is 286 g/mol. The molecule has 3 rings (SSSR count). The first-order chi connectivity index (χ1) is 10.1. The van der Waals surface area contributed by atoms with Crippen molar-refractivity contribution in [2.24, 2.45) is 5.73 Å². The van der Waals surface area contributed by atoms with Gasteiger partial charge in [0.05, 0.1) is 16.3 Å². The summed E-state index contributed by atoms with van der Waals surface area (Å²) >= 11 is 0. The van der Waals surface area contributed by atoms with Crippen molar-refractivity contribution in [2.45, 2.75) is 38.6 Å². The van der Waals surface area contributed by atoms with Crippen molar-refractivity contribution >= 4 is 5.69 Å². The fourth-order valence-corrected chi connectivity index (χ4v) is 3.01. The molecule has 0 aliphatic heterocycles. The van der Waals surface area contributed by atoms with E-state index < -0.39 is 4.92 Å². The van der Waals surface area contributed by atoms with Crippen LogP contribution in [0.2, 0.25) is 0 Å². The zero-order valence-electron chi connectivity index (χ0n) is 12.0. The molecule has 0 saturated heterocycles. The Morgan fingerprint density at radius 2 is 2.14 bits per heavy atom. The SMILES string of the molecule is CCc1nn(-c2ccc([N+](=O)[O-])cc2)c2c1C(N)CCC2. The lowest BCUT2D eigenvalue weighted by atomic mass is 9.91. The van der Waals surface area contributed by atoms with Crippen LogP contribution in [0.3, 0.4) is 0 Å². The van der Waals surface area contributed by atoms with Crippen molar-refractivity contribution < 1.29 is 4.92 Å². The highest BCUT2D eigenvalue weighted by molar-refractivity contribution is 5.44. The van der Waals surface area contributed by atoms with E-state index in [9.17, 15) is 10.1 Å². The fourth-order valence-electron chi connectivity index (χ4n) is 3.01. The Kier molecular flexibility index (Phi) is 3.47. The summed E-state index contributed by atoms with van der Waals surface area (Å²) in [6.07, 6.45) is 3.84. The Bertz CT molecular complexity index is 676. The summed E-state index contributed by atoms with van der Waals surface area (Å²) < 4.78 is 1.90. The smallest absolute Gasteiger partial charge is 0.269 e. The lowest BCUT2D eigenvalue weighted by Gasteiger charge is -2.20. The number of hydrogen-bond acceptors (Lipinski definition) is 4. The van der Waals surface area contributed by atoms with E-state index in [1.54, 1.807) is 12.1 Å². The number of nitro groups is 1. The summed E-state index contributed by atoms with van der Waals surface area (Å²) in [5.74, 6) is 0. The van der Waals surface area contributed by atoms with Gasteiger partial charge in [-0.3, -0.25) is 10.1 Å². The van der Waals surface area contributed by atoms with Gasteiger partial charge < -0.3 is 5.73 Å². The van der Waals surface area contributed by atoms with Crippen LogP contribution in [0.4, 0.5) is 5.69 Å². The molecule has 0 fully saturated rings. The van der Waals surface area contributed by atoms with E-state index in [0.29, 0.717) is 0 Å². The number of hydrogen-bond donors (Lipinski definition) is 1. The fraction of sp³-hybridized carbons (Fsp3) is 0.400. The van der Waals surface area contributed by atoms with Crippen LogP contribution in [0, 0.1) is 10.1 Å². The Morgan fingerprint density at radius 1 is 1.43 bits per heavy atom. The van der Waals surface area contributed by atoms with E-state index in [1.165, 1.54) is 17.7 Å². The molecule has 6 nitrogen and oxygen atoms in total. The highest BCUT2D eigenvalue weighted by atomic mass is 16.6. The number of rotatable bonds is 3. The average Bonchev–Trinajstić information content (AvgIpc) is 2.87. The number of non-ortho nitro benzene ring substituents is 1. The van der Waals surface area contributed by atoms with Gasteiger partial charge in [-0.2, -0.15) is 5.10 Å². The maximum absolute atomic E-state index is 10.7. The predicted octanol–water partition coefficient (Wildman–Crippen LogP) is 2.68. The van der Waals surface area contributed by atoms with Crippen molar-refractivity contribution in [1.29, 1.82) is 0 Å². The number of nitrogens with zero attached hydrogens (tertiary/aromatic N) is 3. The largest absolute Gasteiger partial charge is 0.324 e. The topological polar surface area (TPSA) is 87.0 Å². The molecule has 2 aromatic rings. The van der Waals surface area contributed by atoms with Crippen LogP contribution in [-0.2, 0) is 12.8 Å². The first kappa shape index (κ1) is 13.8. The molecule has 1 heterocycles. The van der Waals surface area contributed by atoms with Crippen molar-refractivity contribution in [3.63, 3.8) is 0 Å². The summed E-state index contributed by atoms with van der Waals surface area (Å²) in [6, 6.07) is 6.56. The van der Waals surface area contributed by atoms with Gasteiger partial charge in [-0.1, -0.05) is 6.92 Å². The zero-order chi connectivity index (χ0) is 15.0. The summed E-state index contributed by atoms with van der Waals surface area (Å²) in [4.78, 5) is 10.3. The van der Waals surface area contributed by atoms with Crippen molar-refractivity contribution in [2.75, 3.05) is 0 Å². The van der Waals surface area contributed by atoms with Gasteiger partial charge in [0, 0.05) is 29.4 Å². The molecule has 1 aliphatic rings. The Morgan fingerprint density at radius 3 is 2.76 bits per heavy atom. The molecule has 0 saturated carbocycles. The Labute approximate surface area is 122 Å². The molecule has 0 bridgehead atoms. The van der Waals surface area contributed by atoms with Crippen LogP contribution in [0.5, 0.6) is 0 Å². The molecule has 1 unspecified atom stereocenters. The second kappa shape index (κ2) is 5.29. The van der Waals surface area contributed by atoms with E-state index in [1.807, 2.05) is 4.68 Å². The van der Waals surface area contributed by atoms with E-state index in [-0.39, 0.29) is 11.7 Å². The molecule has 0 spiro atoms. The quantitative estimate of drug-likeness (QED) is 0.694. The van der Waals surface area contributed by atoms with Gasteiger partial charge in [0.15, 0.2) is 0 Å². The van der Waals surface area contributed by atoms with E-state index >= 15 is 0 Å². The van der Waals surface area contributed by atoms with Gasteiger partial charge in [0.2, 0.25) is 0 Å². The van der Waals surface area contributed by atoms with Gasteiger partial charge in [-0.25, -0.2) is 4.68 Å². The highest BCUT2D eigenvalue weighted by Crippen LogP contribution is 2.32. The normalized spacial score (nSPS) is 17.5. The third kappa shape index (κ3) is 2.31. The summed E-state index contributed by atoms with van der Waals surface area (Å²) in [5.41, 5.74) is 10.5. The summed E-state index contributed by atoms with van der Waals surface area (Å²) in [7, 11) is 0. The van der Waals surface area contributed by atoms with Gasteiger partial charge >= 0.3 is 0 Å². The van der Waals surface area contributed by atoms with E-state index in [2.05, 4.69) is 12.0 Å². The van der Waals surface area contributed by atoms with Crippen LogP contribution in [0.1, 0.15) is 42.8 Å². The molecule has 0 radical (unpaired) electrons. The maximum Gasteiger partial charge on any atom is 0.269 e. The molecule has 110 valence electrons. The first-order valence-electron chi connectivity index (χ1n) is 7.23. The molecule has 0 amide bonds. The lowest BCUT2D eigenvalue weighted by molar-refractivity contribution is -0.384. The molecule has 6 heteroatoms. The van der Waals surface area contributed by atoms with E-state index in [4.69, 9.17) is 5.73 Å². The van der Waals surface area contributed by atoms with Crippen LogP contribution in [0.15, 0.2) is 24.3 Å². The first-order valence-corrected chi connectivity index (χ1v) is 7.23. The molecular formula is C15H18N4O2. The minimum absolute atomic E-state index is 0.0514. The minimum atomic E-state index is -0.393. The second-order valence-corrected chi connectivity index (χ2v) is 5.34. The zero-order valence-corrected chi connectivity index (χ0v) is 12.0. The molecule has 1 aromatic carbocycles. The van der Waals surface area contributed by atoms with Gasteiger partial charge in [0.1, 0.15) is 0 Å². The Balaban J connectivity index is 2.08. The van der Waals surface area contributed by atoms with Crippen molar-refractivity contribution in [1.82, 2.24) is 9.78 Å². The van der Waals surface area contributed by atoms with Crippen LogP contribution in [0.25, 0.3) is 5.69 Å². The second-order valence-electron chi connectivity index (χ2n) is 5.34. The summed E-state index contributed by atoms with van der Waals surface area (Å²) in [6.45, 7) is 2.07. The van der Waals surface area contributed by atoms with Crippen molar-refractivity contribution in [3.8, 4) is 5.69 Å². The number of benzene rings is 1. The minimum Gasteiger partial charge on any atom is -0.324 e. The predicted molar refractivity (Wildman–Crippen MR) is 79.5 cm³/mol. The standard InChI is InChI=1S/C15H18N4O2/c1-2-13-15-12(16)4-3-5-14(15)18(17-13)10-6-8-11(9-7-10)19(20)21/h6-9,12H,2-5,16H2,1H3. The number of aryl methyl sites for hydroxylation is 1. The molecular weight excluding hydrogens is 268 g/mol. The molecule has 1 aliphatic carbocycles. The third-order valence-corrected chi connectivity index (χ3v) is 4.04. The molecule has 21 heavy (non-hydrogen) atoms. The third-order valence-electron chi connectivity index (χ3n) is 4.04. The van der Waals surface area contributed by atoms with Crippen LogP contribution < -0.4 is 5.73 Å². The monoisotopic (exact) mass is 286 g/mol. The van der Waals surface area contributed by atoms with Crippen LogP contribution in [-0.4, -0.2) is 14.7 Å². The number of aromatic nitrogens is 2. The number of nitrogens with two attached hydrogens (primary N) is 1. The van der Waals surface area contributed by atoms with Gasteiger partial charge in [-0.05, 0) is 37.8 Å². The summed E-state index contributed by atoms with van der Waals surface area (Å²) in [5, 5.41) is 15.4. The van der Waals surface area contributed by atoms with E-state index in [0.717, 1.165) is 42.8 Å². The Hall–Kier alpha value is -2.21. The number of fused-ring (bicyclic) bond motifs is 1. The molecule has 2 N–H and O–H groups in total. The van der Waals surface area contributed by atoms with Gasteiger partial charge in [-0.15, -0.1) is 0 Å².